The molecule has 0 bridgehead atoms. The highest BCUT2D eigenvalue weighted by Crippen LogP contribution is 2.59. The summed E-state index contributed by atoms with van der Waals surface area (Å²) in [5, 5.41) is 8.66. The second-order valence-corrected chi connectivity index (χ2v) is 6.75. The van der Waals surface area contributed by atoms with E-state index in [1.807, 2.05) is 13.8 Å². The van der Waals surface area contributed by atoms with Gasteiger partial charge in [-0.15, -0.1) is 5.10 Å². The van der Waals surface area contributed by atoms with Crippen LogP contribution in [-0.2, 0) is 6.54 Å². The molecular formula is C15H22N4O. The van der Waals surface area contributed by atoms with Gasteiger partial charge in [-0.1, -0.05) is 6.42 Å². The van der Waals surface area contributed by atoms with Gasteiger partial charge in [0.2, 0.25) is 0 Å². The van der Waals surface area contributed by atoms with Crippen molar-refractivity contribution in [1.29, 1.82) is 0 Å². The molecule has 1 amide bonds. The fraction of sp³-hybridized carbons (Fsp3) is 0.800. The molecule has 3 fully saturated rings. The highest BCUT2D eigenvalue weighted by Gasteiger charge is 2.61. The number of hydrogen-bond acceptors (Lipinski definition) is 3. The number of carbonyl (C=O) groups excluding carboxylic acids is 1. The third-order valence-electron chi connectivity index (χ3n) is 5.44. The zero-order chi connectivity index (χ0) is 13.9. The van der Waals surface area contributed by atoms with Crippen molar-refractivity contribution in [2.24, 2.45) is 11.3 Å². The van der Waals surface area contributed by atoms with Gasteiger partial charge in [-0.3, -0.25) is 4.79 Å². The summed E-state index contributed by atoms with van der Waals surface area (Å²) in [7, 11) is 0. The topological polar surface area (TPSA) is 51.0 Å². The van der Waals surface area contributed by atoms with E-state index in [9.17, 15) is 4.79 Å². The summed E-state index contributed by atoms with van der Waals surface area (Å²) in [6, 6.07) is 0.495. The Kier molecular flexibility index (Phi) is 2.51. The maximum absolute atomic E-state index is 12.8. The van der Waals surface area contributed by atoms with Gasteiger partial charge in [-0.2, -0.15) is 9.90 Å². The first-order valence-electron chi connectivity index (χ1n) is 7.87. The molecule has 1 saturated heterocycles. The molecule has 2 aliphatic carbocycles. The Bertz CT molecular complexity index is 556. The highest BCUT2D eigenvalue weighted by atomic mass is 16.2. The average Bonchev–Trinajstić information content (AvgIpc) is 3.07. The van der Waals surface area contributed by atoms with Crippen LogP contribution < -0.4 is 0 Å². The summed E-state index contributed by atoms with van der Waals surface area (Å²) in [5.41, 5.74) is 1.80. The van der Waals surface area contributed by atoms with Crippen LogP contribution in [0.3, 0.4) is 0 Å². The van der Waals surface area contributed by atoms with E-state index < -0.39 is 0 Å². The Morgan fingerprint density at radius 3 is 2.60 bits per heavy atom. The van der Waals surface area contributed by atoms with Gasteiger partial charge >= 0.3 is 0 Å². The van der Waals surface area contributed by atoms with E-state index in [0.717, 1.165) is 18.2 Å². The first kappa shape index (κ1) is 12.4. The molecule has 2 heterocycles. The number of carbonyl (C=O) groups is 1. The van der Waals surface area contributed by atoms with E-state index in [1.165, 1.54) is 32.1 Å². The Morgan fingerprint density at radius 1 is 1.35 bits per heavy atom. The third-order valence-corrected chi connectivity index (χ3v) is 5.44. The lowest BCUT2D eigenvalue weighted by Gasteiger charge is -2.62. The van der Waals surface area contributed by atoms with Crippen molar-refractivity contribution >= 4 is 5.91 Å². The van der Waals surface area contributed by atoms with E-state index in [1.54, 1.807) is 4.80 Å². The Labute approximate surface area is 119 Å². The van der Waals surface area contributed by atoms with Gasteiger partial charge in [0.25, 0.3) is 5.91 Å². The monoisotopic (exact) mass is 274 g/mol. The van der Waals surface area contributed by atoms with Crippen LogP contribution >= 0.6 is 0 Å². The second kappa shape index (κ2) is 4.06. The van der Waals surface area contributed by atoms with Gasteiger partial charge in [0.05, 0.1) is 12.2 Å². The Hall–Kier alpha value is -1.39. The van der Waals surface area contributed by atoms with Gasteiger partial charge in [-0.25, -0.2) is 0 Å². The van der Waals surface area contributed by atoms with Crippen molar-refractivity contribution < 1.29 is 4.79 Å². The number of aryl methyl sites for hydroxylation is 2. The second-order valence-electron chi connectivity index (χ2n) is 6.75. The molecule has 1 aromatic rings. The minimum absolute atomic E-state index is 0.108. The Balaban J connectivity index is 1.57. The minimum Gasteiger partial charge on any atom is -0.333 e. The predicted molar refractivity (Wildman–Crippen MR) is 74.3 cm³/mol. The zero-order valence-electron chi connectivity index (χ0n) is 12.3. The van der Waals surface area contributed by atoms with Crippen molar-refractivity contribution in [3.05, 3.63) is 11.4 Å². The smallest absolute Gasteiger partial charge is 0.276 e. The van der Waals surface area contributed by atoms with Crippen molar-refractivity contribution in [2.45, 2.75) is 58.5 Å². The van der Waals surface area contributed by atoms with Gasteiger partial charge in [0.15, 0.2) is 5.69 Å². The molecule has 0 aromatic carbocycles. The fourth-order valence-electron chi connectivity index (χ4n) is 4.10. The largest absolute Gasteiger partial charge is 0.333 e. The van der Waals surface area contributed by atoms with E-state index in [2.05, 4.69) is 15.1 Å². The summed E-state index contributed by atoms with van der Waals surface area (Å²) in [4.78, 5) is 16.5. The number of rotatable bonds is 3. The van der Waals surface area contributed by atoms with Crippen LogP contribution in [-0.4, -0.2) is 38.4 Å². The molecule has 1 atom stereocenters. The van der Waals surface area contributed by atoms with Crippen LogP contribution in [0.1, 0.15) is 55.2 Å². The van der Waals surface area contributed by atoms with Gasteiger partial charge in [0.1, 0.15) is 0 Å². The summed E-state index contributed by atoms with van der Waals surface area (Å²) < 4.78 is 0. The van der Waals surface area contributed by atoms with Gasteiger partial charge < -0.3 is 4.90 Å². The minimum atomic E-state index is 0.108. The quantitative estimate of drug-likeness (QED) is 0.847. The summed E-state index contributed by atoms with van der Waals surface area (Å²) in [5.74, 6) is 0.867. The van der Waals surface area contributed by atoms with E-state index >= 15 is 0 Å². The van der Waals surface area contributed by atoms with Crippen molar-refractivity contribution in [3.63, 3.8) is 0 Å². The molecule has 0 radical (unpaired) electrons. The first-order valence-corrected chi connectivity index (χ1v) is 7.87. The molecule has 5 heteroatoms. The SMILES string of the molecule is CCn1nc(C)c(C(=O)N2CC3(CCC3)C2C2CC2)n1. The zero-order valence-corrected chi connectivity index (χ0v) is 12.3. The van der Waals surface area contributed by atoms with E-state index in [0.29, 0.717) is 23.7 Å². The van der Waals surface area contributed by atoms with Crippen molar-refractivity contribution in [3.8, 4) is 0 Å². The van der Waals surface area contributed by atoms with Gasteiger partial charge in [0, 0.05) is 18.0 Å². The molecule has 20 heavy (non-hydrogen) atoms. The number of amides is 1. The van der Waals surface area contributed by atoms with Crippen LogP contribution in [0, 0.1) is 18.3 Å². The molecule has 3 aliphatic rings. The average molecular weight is 274 g/mol. The summed E-state index contributed by atoms with van der Waals surface area (Å²) >= 11 is 0. The fourth-order valence-corrected chi connectivity index (χ4v) is 4.10. The van der Waals surface area contributed by atoms with E-state index in [4.69, 9.17) is 0 Å². The standard InChI is InChI=1S/C15H22N4O/c1-3-19-16-10(2)12(17-19)14(20)18-9-15(7-4-8-15)13(18)11-5-6-11/h11,13H,3-9H2,1-2H3. The molecule has 2 saturated carbocycles. The maximum atomic E-state index is 12.8. The van der Waals surface area contributed by atoms with Crippen LogP contribution in [0.2, 0.25) is 0 Å². The molecule has 1 unspecified atom stereocenters. The lowest BCUT2D eigenvalue weighted by molar-refractivity contribution is -0.111. The number of hydrogen-bond donors (Lipinski definition) is 0. The Morgan fingerprint density at radius 2 is 2.10 bits per heavy atom. The molecule has 108 valence electrons. The van der Waals surface area contributed by atoms with Crippen LogP contribution in [0.15, 0.2) is 0 Å². The number of aromatic nitrogens is 3. The maximum Gasteiger partial charge on any atom is 0.276 e. The van der Waals surface area contributed by atoms with E-state index in [-0.39, 0.29) is 5.91 Å². The molecule has 1 aliphatic heterocycles. The van der Waals surface area contributed by atoms with Crippen molar-refractivity contribution in [2.75, 3.05) is 6.54 Å². The summed E-state index contributed by atoms with van der Waals surface area (Å²) in [6.07, 6.45) is 6.58. The molecule has 1 spiro atoms. The first-order chi connectivity index (χ1) is 9.64. The lowest BCUT2D eigenvalue weighted by Crippen LogP contribution is -2.69. The molecule has 5 nitrogen and oxygen atoms in total. The molecule has 4 rings (SSSR count). The number of likely N-dealkylation sites (tertiary alicyclic amines) is 1. The lowest BCUT2D eigenvalue weighted by atomic mass is 9.56. The number of nitrogens with zero attached hydrogens (tertiary/aromatic N) is 4. The predicted octanol–water partition coefficient (Wildman–Crippen LogP) is 2.01. The third kappa shape index (κ3) is 1.58. The van der Waals surface area contributed by atoms with Crippen LogP contribution in [0.4, 0.5) is 0 Å². The van der Waals surface area contributed by atoms with Crippen LogP contribution in [0.5, 0.6) is 0 Å². The van der Waals surface area contributed by atoms with Crippen molar-refractivity contribution in [1.82, 2.24) is 19.9 Å². The highest BCUT2D eigenvalue weighted by molar-refractivity contribution is 5.94. The summed E-state index contributed by atoms with van der Waals surface area (Å²) in [6.45, 7) is 5.54. The van der Waals surface area contributed by atoms with Gasteiger partial charge in [-0.05, 0) is 45.4 Å². The molecule has 1 aromatic heterocycles. The molecule has 0 N–H and O–H groups in total. The molecular weight excluding hydrogens is 252 g/mol. The normalized spacial score (nSPS) is 27.3. The van der Waals surface area contributed by atoms with Crippen LogP contribution in [0.25, 0.3) is 0 Å².